The third kappa shape index (κ3) is 3.54. The van der Waals surface area contributed by atoms with Crippen LogP contribution in [0.2, 0.25) is 0 Å². The van der Waals surface area contributed by atoms with E-state index in [2.05, 4.69) is 0 Å². The van der Waals surface area contributed by atoms with Crippen molar-refractivity contribution in [1.82, 2.24) is 0 Å². The summed E-state index contributed by atoms with van der Waals surface area (Å²) in [4.78, 5) is 10.8. The van der Waals surface area contributed by atoms with Crippen molar-refractivity contribution in [2.75, 3.05) is 14.2 Å². The molecule has 0 amide bonds. The van der Waals surface area contributed by atoms with Gasteiger partial charge in [-0.3, -0.25) is 0 Å². The van der Waals surface area contributed by atoms with Crippen LogP contribution in [-0.2, 0) is 17.8 Å². The molecule has 0 saturated carbocycles. The van der Waals surface area contributed by atoms with E-state index in [1.165, 1.54) is 0 Å². The first-order valence-corrected chi connectivity index (χ1v) is 6.64. The number of carbonyl (C=O) groups excluding carboxylic acids is 1. The van der Waals surface area contributed by atoms with E-state index in [1.807, 2.05) is 30.3 Å². The fourth-order valence-electron chi connectivity index (χ4n) is 2.09. The predicted molar refractivity (Wildman–Crippen MR) is 80.1 cm³/mol. The van der Waals surface area contributed by atoms with Crippen LogP contribution in [0.4, 0.5) is 0 Å². The van der Waals surface area contributed by atoms with Crippen LogP contribution in [0.15, 0.2) is 42.5 Å². The smallest absolute Gasteiger partial charge is 0.204 e. The number of hydrogen-bond donors (Lipinski definition) is 0. The van der Waals surface area contributed by atoms with E-state index >= 15 is 0 Å². The average Bonchev–Trinajstić information content (AvgIpc) is 2.54. The van der Waals surface area contributed by atoms with Gasteiger partial charge in [0.05, 0.1) is 14.2 Å². The van der Waals surface area contributed by atoms with E-state index in [0.29, 0.717) is 23.9 Å². The molecule has 110 valence electrons. The Balaban J connectivity index is 2.30. The Hall–Kier alpha value is -2.49. The monoisotopic (exact) mass is 286 g/mol. The second kappa shape index (κ2) is 7.33. The molecule has 0 N–H and O–H groups in total. The van der Waals surface area contributed by atoms with Gasteiger partial charge in [-0.15, -0.1) is 0 Å². The molecule has 4 heteroatoms. The molecule has 4 nitrogen and oxygen atoms in total. The van der Waals surface area contributed by atoms with E-state index < -0.39 is 0 Å². The standard InChI is InChI=1S/C17H18O4/c1-19-15-9-8-14(10-11-18)16(20-2)17(15)21-12-13-6-4-3-5-7-13/h3-9,11H,10,12H2,1-2H3. The van der Waals surface area contributed by atoms with Crippen LogP contribution < -0.4 is 14.2 Å². The first-order chi connectivity index (χ1) is 10.3. The summed E-state index contributed by atoms with van der Waals surface area (Å²) in [6.07, 6.45) is 1.11. The highest BCUT2D eigenvalue weighted by Crippen LogP contribution is 2.40. The quantitative estimate of drug-likeness (QED) is 0.734. The van der Waals surface area contributed by atoms with Crippen molar-refractivity contribution in [3.63, 3.8) is 0 Å². The minimum absolute atomic E-state index is 0.273. The molecule has 0 bridgehead atoms. The lowest BCUT2D eigenvalue weighted by Gasteiger charge is -2.16. The molecule has 0 atom stereocenters. The molecule has 0 aromatic heterocycles. The number of aldehydes is 1. The van der Waals surface area contributed by atoms with E-state index in [9.17, 15) is 4.79 Å². The SMILES string of the molecule is COc1ccc(CC=O)c(OC)c1OCc1ccccc1. The lowest BCUT2D eigenvalue weighted by atomic mass is 10.1. The van der Waals surface area contributed by atoms with Crippen molar-refractivity contribution >= 4 is 6.29 Å². The highest BCUT2D eigenvalue weighted by Gasteiger charge is 2.16. The zero-order valence-electron chi connectivity index (χ0n) is 12.2. The van der Waals surface area contributed by atoms with Gasteiger partial charge in [0, 0.05) is 12.0 Å². The summed E-state index contributed by atoms with van der Waals surface area (Å²) in [5.74, 6) is 1.64. The first-order valence-electron chi connectivity index (χ1n) is 6.64. The molecule has 0 aliphatic heterocycles. The van der Waals surface area contributed by atoms with E-state index in [0.717, 1.165) is 17.4 Å². The van der Waals surface area contributed by atoms with Gasteiger partial charge in [-0.05, 0) is 11.6 Å². The molecule has 0 aliphatic rings. The molecule has 21 heavy (non-hydrogen) atoms. The lowest BCUT2D eigenvalue weighted by Crippen LogP contribution is -2.02. The number of rotatable bonds is 7. The van der Waals surface area contributed by atoms with Crippen LogP contribution >= 0.6 is 0 Å². The third-order valence-corrected chi connectivity index (χ3v) is 3.11. The second-order valence-corrected chi connectivity index (χ2v) is 4.43. The van der Waals surface area contributed by atoms with Gasteiger partial charge >= 0.3 is 0 Å². The van der Waals surface area contributed by atoms with Gasteiger partial charge in [-0.2, -0.15) is 0 Å². The maximum atomic E-state index is 10.8. The van der Waals surface area contributed by atoms with E-state index in [-0.39, 0.29) is 6.42 Å². The normalized spacial score (nSPS) is 10.0. The summed E-state index contributed by atoms with van der Waals surface area (Å²) >= 11 is 0. The van der Waals surface area contributed by atoms with Crippen LogP contribution in [0, 0.1) is 0 Å². The minimum Gasteiger partial charge on any atom is -0.493 e. The van der Waals surface area contributed by atoms with Gasteiger partial charge in [-0.25, -0.2) is 0 Å². The molecule has 2 aromatic carbocycles. The van der Waals surface area contributed by atoms with Gasteiger partial charge in [0.2, 0.25) is 5.75 Å². The summed E-state index contributed by atoms with van der Waals surface area (Å²) in [7, 11) is 3.13. The maximum Gasteiger partial charge on any atom is 0.204 e. The second-order valence-electron chi connectivity index (χ2n) is 4.43. The summed E-state index contributed by atoms with van der Waals surface area (Å²) in [5, 5.41) is 0. The van der Waals surface area contributed by atoms with Crippen molar-refractivity contribution in [2.24, 2.45) is 0 Å². The van der Waals surface area contributed by atoms with Crippen molar-refractivity contribution < 1.29 is 19.0 Å². The summed E-state index contributed by atoms with van der Waals surface area (Å²) in [5.41, 5.74) is 1.82. The van der Waals surface area contributed by atoms with Crippen LogP contribution in [-0.4, -0.2) is 20.5 Å². The fraction of sp³-hybridized carbons (Fsp3) is 0.235. The van der Waals surface area contributed by atoms with Crippen LogP contribution in [0.3, 0.4) is 0 Å². The minimum atomic E-state index is 0.273. The molecule has 0 unspecified atom stereocenters. The highest BCUT2D eigenvalue weighted by molar-refractivity contribution is 5.63. The number of carbonyl (C=O) groups is 1. The molecular formula is C17H18O4. The van der Waals surface area contributed by atoms with Gasteiger partial charge in [-0.1, -0.05) is 36.4 Å². The molecule has 0 radical (unpaired) electrons. The van der Waals surface area contributed by atoms with Crippen molar-refractivity contribution in [1.29, 1.82) is 0 Å². The molecule has 0 heterocycles. The van der Waals surface area contributed by atoms with Crippen molar-refractivity contribution in [2.45, 2.75) is 13.0 Å². The number of methoxy groups -OCH3 is 2. The Morgan fingerprint density at radius 2 is 1.71 bits per heavy atom. The zero-order chi connectivity index (χ0) is 15.1. The Labute approximate surface area is 124 Å². The topological polar surface area (TPSA) is 44.8 Å². The van der Waals surface area contributed by atoms with Crippen molar-refractivity contribution in [3.05, 3.63) is 53.6 Å². The molecule has 0 spiro atoms. The molecule has 2 aromatic rings. The molecule has 0 aliphatic carbocycles. The Bertz CT molecular complexity index is 593. The molecule has 0 saturated heterocycles. The van der Waals surface area contributed by atoms with E-state index in [4.69, 9.17) is 14.2 Å². The largest absolute Gasteiger partial charge is 0.493 e. The van der Waals surface area contributed by atoms with E-state index in [1.54, 1.807) is 26.4 Å². The van der Waals surface area contributed by atoms with Gasteiger partial charge in [0.25, 0.3) is 0 Å². The summed E-state index contributed by atoms with van der Waals surface area (Å²) < 4.78 is 16.6. The fourth-order valence-corrected chi connectivity index (χ4v) is 2.09. The molecular weight excluding hydrogens is 268 g/mol. The first kappa shape index (κ1) is 14.9. The van der Waals surface area contributed by atoms with Crippen molar-refractivity contribution in [3.8, 4) is 17.2 Å². The Kier molecular flexibility index (Phi) is 5.21. The number of hydrogen-bond acceptors (Lipinski definition) is 4. The lowest BCUT2D eigenvalue weighted by molar-refractivity contribution is -0.107. The van der Waals surface area contributed by atoms with Crippen LogP contribution in [0.5, 0.6) is 17.2 Å². The van der Waals surface area contributed by atoms with Crippen LogP contribution in [0.1, 0.15) is 11.1 Å². The summed E-state index contributed by atoms with van der Waals surface area (Å²) in [6, 6.07) is 13.4. The average molecular weight is 286 g/mol. The zero-order valence-corrected chi connectivity index (χ0v) is 12.2. The Morgan fingerprint density at radius 3 is 2.33 bits per heavy atom. The number of benzene rings is 2. The van der Waals surface area contributed by atoms with Gasteiger partial charge in [0.15, 0.2) is 11.5 Å². The predicted octanol–water partition coefficient (Wildman–Crippen LogP) is 3.02. The highest BCUT2D eigenvalue weighted by atomic mass is 16.5. The van der Waals surface area contributed by atoms with Crippen LogP contribution in [0.25, 0.3) is 0 Å². The maximum absolute atomic E-state index is 10.8. The molecule has 0 fully saturated rings. The Morgan fingerprint density at radius 1 is 0.952 bits per heavy atom. The summed E-state index contributed by atoms with van der Waals surface area (Å²) in [6.45, 7) is 0.401. The van der Waals surface area contributed by atoms with Gasteiger partial charge < -0.3 is 19.0 Å². The number of ether oxygens (including phenoxy) is 3. The molecule has 2 rings (SSSR count). The van der Waals surface area contributed by atoms with Gasteiger partial charge in [0.1, 0.15) is 12.9 Å². The third-order valence-electron chi connectivity index (χ3n) is 3.11.